The first-order valence-electron chi connectivity index (χ1n) is 8.10. The summed E-state index contributed by atoms with van der Waals surface area (Å²) in [5.74, 6) is 0.691. The first-order valence-corrected chi connectivity index (χ1v) is 8.10. The molecule has 0 radical (unpaired) electrons. The largest absolute Gasteiger partial charge is 0.477 e. The molecule has 1 amide bonds. The van der Waals surface area contributed by atoms with Crippen molar-refractivity contribution in [3.8, 4) is 5.88 Å². The molecule has 0 bridgehead atoms. The molecule has 1 aliphatic rings. The van der Waals surface area contributed by atoms with Crippen LogP contribution in [0.2, 0.25) is 0 Å². The maximum atomic E-state index is 12.0. The Hall–Kier alpha value is -2.93. The lowest BCUT2D eigenvalue weighted by molar-refractivity contribution is 0.101. The van der Waals surface area contributed by atoms with E-state index in [1.165, 1.54) is 12.3 Å². The molecule has 3 aromatic rings. The summed E-state index contributed by atoms with van der Waals surface area (Å²) in [6, 6.07) is 8.97. The quantitative estimate of drug-likeness (QED) is 0.769. The number of rotatable bonds is 5. The maximum absolute atomic E-state index is 12.0. The Balaban J connectivity index is 1.51. The van der Waals surface area contributed by atoms with Crippen molar-refractivity contribution in [2.75, 3.05) is 25.1 Å². The summed E-state index contributed by atoms with van der Waals surface area (Å²) >= 11 is 0. The van der Waals surface area contributed by atoms with E-state index in [2.05, 4.69) is 20.0 Å². The Morgan fingerprint density at radius 2 is 2.28 bits per heavy atom. The number of amides is 1. The Morgan fingerprint density at radius 1 is 1.32 bits per heavy atom. The lowest BCUT2D eigenvalue weighted by Crippen LogP contribution is -2.13. The molecule has 0 aliphatic carbocycles. The maximum Gasteiger partial charge on any atom is 0.277 e. The van der Waals surface area contributed by atoms with Gasteiger partial charge in [-0.25, -0.2) is 4.98 Å². The van der Waals surface area contributed by atoms with E-state index in [4.69, 9.17) is 9.47 Å². The van der Waals surface area contributed by atoms with Crippen LogP contribution in [0.15, 0.2) is 47.3 Å². The van der Waals surface area contributed by atoms with Crippen LogP contribution in [0, 0.1) is 5.92 Å². The second-order valence-corrected chi connectivity index (χ2v) is 5.93. The lowest BCUT2D eigenvalue weighted by Gasteiger charge is -2.12. The minimum Gasteiger partial charge on any atom is -0.477 e. The second-order valence-electron chi connectivity index (χ2n) is 5.93. The molecule has 1 atom stereocenters. The van der Waals surface area contributed by atoms with E-state index in [0.29, 0.717) is 24.1 Å². The topological polar surface area (TPSA) is 86.5 Å². The summed E-state index contributed by atoms with van der Waals surface area (Å²) < 4.78 is 15.9. The predicted octanol–water partition coefficient (Wildman–Crippen LogP) is 2.89. The number of benzene rings is 1. The SMILES string of the molecule is O=C(Nc1ccc2c(OCC3CCOC3)nccc2c1)c1ccon1. The molecule has 3 heterocycles. The van der Waals surface area contributed by atoms with Gasteiger partial charge in [0.2, 0.25) is 5.88 Å². The Bertz CT molecular complexity index is 873. The van der Waals surface area contributed by atoms with Crippen molar-refractivity contribution in [2.45, 2.75) is 6.42 Å². The summed E-state index contributed by atoms with van der Waals surface area (Å²) in [7, 11) is 0. The molecule has 1 fully saturated rings. The van der Waals surface area contributed by atoms with Gasteiger partial charge in [-0.3, -0.25) is 4.79 Å². The summed E-state index contributed by atoms with van der Waals surface area (Å²) in [6.45, 7) is 2.13. The molecule has 1 unspecified atom stereocenters. The van der Waals surface area contributed by atoms with E-state index in [-0.39, 0.29) is 11.6 Å². The third-order valence-electron chi connectivity index (χ3n) is 4.14. The van der Waals surface area contributed by atoms with E-state index in [1.54, 1.807) is 6.20 Å². The molecule has 128 valence electrons. The molecule has 25 heavy (non-hydrogen) atoms. The molecule has 7 nitrogen and oxygen atoms in total. The normalized spacial score (nSPS) is 16.9. The van der Waals surface area contributed by atoms with Crippen molar-refractivity contribution in [1.82, 2.24) is 10.1 Å². The van der Waals surface area contributed by atoms with Gasteiger partial charge < -0.3 is 19.3 Å². The molecular formula is C18H17N3O4. The van der Waals surface area contributed by atoms with E-state index in [9.17, 15) is 4.79 Å². The fourth-order valence-corrected chi connectivity index (χ4v) is 2.78. The zero-order valence-corrected chi connectivity index (χ0v) is 13.5. The number of carbonyl (C=O) groups is 1. The second kappa shape index (κ2) is 6.90. The summed E-state index contributed by atoms with van der Waals surface area (Å²) in [5, 5.41) is 8.26. The minimum atomic E-state index is -0.320. The van der Waals surface area contributed by atoms with Crippen LogP contribution in [0.4, 0.5) is 5.69 Å². The highest BCUT2D eigenvalue weighted by Crippen LogP contribution is 2.27. The van der Waals surface area contributed by atoms with Crippen LogP contribution < -0.4 is 10.1 Å². The Kier molecular flexibility index (Phi) is 4.30. The average Bonchev–Trinajstić information content (AvgIpc) is 3.33. The standard InChI is InChI=1S/C18H17N3O4/c22-17(16-5-8-25-21-16)20-14-1-2-15-13(9-14)3-6-19-18(15)24-11-12-4-7-23-10-12/h1-3,5-6,8-9,12H,4,7,10-11H2,(H,20,22). The zero-order valence-electron chi connectivity index (χ0n) is 13.5. The number of hydrogen-bond acceptors (Lipinski definition) is 6. The molecule has 1 saturated heterocycles. The highest BCUT2D eigenvalue weighted by molar-refractivity contribution is 6.04. The van der Waals surface area contributed by atoms with Crippen molar-refractivity contribution in [2.24, 2.45) is 5.92 Å². The minimum absolute atomic E-state index is 0.234. The van der Waals surface area contributed by atoms with Gasteiger partial charge in [-0.15, -0.1) is 0 Å². The predicted molar refractivity (Wildman–Crippen MR) is 90.6 cm³/mol. The van der Waals surface area contributed by atoms with Gasteiger partial charge >= 0.3 is 0 Å². The van der Waals surface area contributed by atoms with Crippen LogP contribution in [-0.2, 0) is 4.74 Å². The van der Waals surface area contributed by atoms with E-state index >= 15 is 0 Å². The zero-order chi connectivity index (χ0) is 17.1. The van der Waals surface area contributed by atoms with Gasteiger partial charge in [-0.05, 0) is 36.1 Å². The van der Waals surface area contributed by atoms with Gasteiger partial charge in [0.25, 0.3) is 5.91 Å². The summed E-state index contributed by atoms with van der Waals surface area (Å²) in [5.41, 5.74) is 0.902. The molecule has 1 aromatic carbocycles. The van der Waals surface area contributed by atoms with Crippen LogP contribution in [0.3, 0.4) is 0 Å². The molecule has 1 N–H and O–H groups in total. The number of fused-ring (bicyclic) bond motifs is 1. The van der Waals surface area contributed by atoms with Crippen LogP contribution in [0.5, 0.6) is 5.88 Å². The number of ether oxygens (including phenoxy) is 2. The molecular weight excluding hydrogens is 322 g/mol. The molecule has 2 aromatic heterocycles. The van der Waals surface area contributed by atoms with Crippen molar-refractivity contribution >= 4 is 22.4 Å². The lowest BCUT2D eigenvalue weighted by atomic mass is 10.1. The number of nitrogens with one attached hydrogen (secondary N) is 1. The van der Waals surface area contributed by atoms with Crippen molar-refractivity contribution in [3.05, 3.63) is 48.5 Å². The Morgan fingerprint density at radius 3 is 3.08 bits per heavy atom. The molecule has 7 heteroatoms. The van der Waals surface area contributed by atoms with Gasteiger partial charge in [0.15, 0.2) is 5.69 Å². The molecule has 1 aliphatic heterocycles. The fraction of sp³-hybridized carbons (Fsp3) is 0.278. The third-order valence-corrected chi connectivity index (χ3v) is 4.14. The van der Waals surface area contributed by atoms with Gasteiger partial charge in [0.1, 0.15) is 6.26 Å². The van der Waals surface area contributed by atoms with Gasteiger partial charge in [-0.2, -0.15) is 0 Å². The molecule has 4 rings (SSSR count). The van der Waals surface area contributed by atoms with Gasteiger partial charge in [0.05, 0.1) is 13.2 Å². The van der Waals surface area contributed by atoms with Crippen LogP contribution in [-0.4, -0.2) is 35.9 Å². The molecule has 0 spiro atoms. The summed E-state index contributed by atoms with van der Waals surface area (Å²) in [6.07, 6.45) is 4.08. The van der Waals surface area contributed by atoms with Gasteiger partial charge in [0, 0.05) is 35.9 Å². The van der Waals surface area contributed by atoms with Crippen LogP contribution >= 0.6 is 0 Å². The number of pyridine rings is 1. The van der Waals surface area contributed by atoms with E-state index in [1.807, 2.05) is 24.3 Å². The number of aromatic nitrogens is 2. The van der Waals surface area contributed by atoms with Crippen molar-refractivity contribution in [3.63, 3.8) is 0 Å². The van der Waals surface area contributed by atoms with E-state index < -0.39 is 0 Å². The fourth-order valence-electron chi connectivity index (χ4n) is 2.78. The molecule has 0 saturated carbocycles. The van der Waals surface area contributed by atoms with Crippen LogP contribution in [0.1, 0.15) is 16.9 Å². The number of anilines is 1. The average molecular weight is 339 g/mol. The highest BCUT2D eigenvalue weighted by atomic mass is 16.5. The number of nitrogens with zero attached hydrogens (tertiary/aromatic N) is 2. The Labute approximate surface area is 143 Å². The third kappa shape index (κ3) is 3.46. The van der Waals surface area contributed by atoms with Crippen LogP contribution in [0.25, 0.3) is 10.8 Å². The monoisotopic (exact) mass is 339 g/mol. The van der Waals surface area contributed by atoms with Gasteiger partial charge in [-0.1, -0.05) is 5.16 Å². The highest BCUT2D eigenvalue weighted by Gasteiger charge is 2.17. The summed E-state index contributed by atoms with van der Waals surface area (Å²) in [4.78, 5) is 16.4. The number of hydrogen-bond donors (Lipinski definition) is 1. The van der Waals surface area contributed by atoms with Crippen molar-refractivity contribution in [1.29, 1.82) is 0 Å². The van der Waals surface area contributed by atoms with Crippen molar-refractivity contribution < 1.29 is 18.8 Å². The smallest absolute Gasteiger partial charge is 0.277 e. The first-order chi connectivity index (χ1) is 12.3. The first kappa shape index (κ1) is 15.6. The number of carbonyl (C=O) groups excluding carboxylic acids is 1. The van der Waals surface area contributed by atoms with E-state index in [0.717, 1.165) is 30.4 Å².